The van der Waals surface area contributed by atoms with Gasteiger partial charge in [0, 0.05) is 30.8 Å². The van der Waals surface area contributed by atoms with Crippen LogP contribution < -0.4 is 4.31 Å². The molecule has 0 saturated carbocycles. The first kappa shape index (κ1) is 18.4. The lowest BCUT2D eigenvalue weighted by Crippen LogP contribution is -2.31. The number of fused-ring (bicyclic) bond motifs is 1. The molecule has 23 heavy (non-hydrogen) atoms. The molecular weight excluding hydrogens is 404 g/mol. The highest BCUT2D eigenvalue weighted by atomic mass is 79.9. The summed E-state index contributed by atoms with van der Waals surface area (Å²) in [6, 6.07) is 3.70. The summed E-state index contributed by atoms with van der Waals surface area (Å²) in [5.41, 5.74) is 0.295. The molecule has 0 N–H and O–H groups in total. The van der Waals surface area contributed by atoms with Crippen LogP contribution in [-0.4, -0.2) is 34.8 Å². The Morgan fingerprint density at radius 2 is 2.04 bits per heavy atom. The monoisotopic (exact) mass is 422 g/mol. The first-order chi connectivity index (χ1) is 10.5. The molecule has 0 unspecified atom stereocenters. The number of benzene rings is 1. The van der Waals surface area contributed by atoms with Gasteiger partial charge in [0.25, 0.3) is 5.69 Å². The predicted octanol–water partition coefficient (Wildman–Crippen LogP) is 3.32. The molecule has 0 atom stereocenters. The molecule has 0 aliphatic carbocycles. The number of sulfonamides is 1. The molecule has 7 nitrogen and oxygen atoms in total. The summed E-state index contributed by atoms with van der Waals surface area (Å²) in [4.78, 5) is 10.7. The van der Waals surface area contributed by atoms with Gasteiger partial charge in [-0.1, -0.05) is 35.6 Å². The zero-order valence-corrected chi connectivity index (χ0v) is 16.6. The van der Waals surface area contributed by atoms with Crippen LogP contribution in [0.2, 0.25) is 25.7 Å². The minimum Gasteiger partial charge on any atom is -0.360 e. The van der Waals surface area contributed by atoms with Gasteiger partial charge in [-0.05, 0) is 12.1 Å². The zero-order chi connectivity index (χ0) is 17.4. The van der Waals surface area contributed by atoms with Gasteiger partial charge in [-0.3, -0.25) is 10.1 Å². The van der Waals surface area contributed by atoms with Gasteiger partial charge in [0.1, 0.15) is 12.4 Å². The van der Waals surface area contributed by atoms with Crippen LogP contribution in [0.4, 0.5) is 11.4 Å². The lowest BCUT2D eigenvalue weighted by atomic mass is 10.1. The Morgan fingerprint density at radius 1 is 1.39 bits per heavy atom. The van der Waals surface area contributed by atoms with Crippen LogP contribution in [-0.2, 0) is 20.5 Å². The molecule has 2 rings (SSSR count). The van der Waals surface area contributed by atoms with Gasteiger partial charge in [0.05, 0.1) is 10.7 Å². The van der Waals surface area contributed by atoms with Crippen LogP contribution in [0, 0.1) is 10.1 Å². The predicted molar refractivity (Wildman–Crippen MR) is 94.9 cm³/mol. The van der Waals surface area contributed by atoms with Crippen LogP contribution in [0.5, 0.6) is 0 Å². The molecule has 1 aliphatic rings. The number of anilines is 1. The average molecular weight is 423 g/mol. The topological polar surface area (TPSA) is 89.8 Å². The third-order valence-corrected chi connectivity index (χ3v) is 7.58. The molecule has 0 radical (unpaired) electrons. The fraction of sp³-hybridized carbons (Fsp3) is 0.538. The van der Waals surface area contributed by atoms with Crippen LogP contribution in [0.15, 0.2) is 16.6 Å². The van der Waals surface area contributed by atoms with Crippen molar-refractivity contribution in [2.75, 3.05) is 17.6 Å². The lowest BCUT2D eigenvalue weighted by Gasteiger charge is -2.20. The second-order valence-electron chi connectivity index (χ2n) is 6.60. The molecule has 128 valence electrons. The molecule has 0 bridgehead atoms. The van der Waals surface area contributed by atoms with E-state index >= 15 is 0 Å². The molecule has 1 aliphatic heterocycles. The van der Waals surface area contributed by atoms with E-state index in [9.17, 15) is 18.5 Å². The number of ether oxygens (including phenoxy) is 1. The third kappa shape index (κ3) is 4.11. The van der Waals surface area contributed by atoms with E-state index in [1.165, 1.54) is 12.1 Å². The first-order valence-corrected chi connectivity index (χ1v) is 13.2. The van der Waals surface area contributed by atoms with Crippen molar-refractivity contribution < 1.29 is 18.1 Å². The van der Waals surface area contributed by atoms with E-state index in [2.05, 4.69) is 35.6 Å². The first-order valence-electron chi connectivity index (χ1n) is 7.07. The normalized spacial score (nSPS) is 16.4. The Kier molecular flexibility index (Phi) is 5.19. The molecular formula is C13H19BrN2O5SSi. The summed E-state index contributed by atoms with van der Waals surface area (Å²) in [6.45, 7) is 6.83. The number of hydrogen-bond acceptors (Lipinski definition) is 5. The smallest absolute Gasteiger partial charge is 0.294 e. The molecule has 1 aromatic rings. The summed E-state index contributed by atoms with van der Waals surface area (Å²) in [5.74, 6) is -0.262. The van der Waals surface area contributed by atoms with Crippen LogP contribution in [0.1, 0.15) is 5.56 Å². The van der Waals surface area contributed by atoms with Crippen molar-refractivity contribution in [2.45, 2.75) is 31.4 Å². The third-order valence-electron chi connectivity index (χ3n) is 3.52. The van der Waals surface area contributed by atoms with Crippen LogP contribution in [0.25, 0.3) is 0 Å². The molecule has 0 aromatic heterocycles. The van der Waals surface area contributed by atoms with Gasteiger partial charge in [0.2, 0.25) is 10.0 Å². The molecule has 0 spiro atoms. The average Bonchev–Trinajstić information content (AvgIpc) is 2.66. The Bertz CT molecular complexity index is 733. The van der Waals surface area contributed by atoms with Gasteiger partial charge < -0.3 is 4.74 Å². The van der Waals surface area contributed by atoms with Gasteiger partial charge in [-0.15, -0.1) is 0 Å². The highest BCUT2D eigenvalue weighted by Crippen LogP contribution is 2.44. The molecule has 0 fully saturated rings. The summed E-state index contributed by atoms with van der Waals surface area (Å²) in [6.07, 6.45) is 0. The second kappa shape index (κ2) is 6.50. The molecule has 1 heterocycles. The number of nitro groups is 1. The maximum atomic E-state index is 12.3. The standard InChI is InChI=1S/C13H19BrN2O5SSi/c1-23(2,3)7-6-21-9-15-13-10(8-22(15,19)20)11(14)4-5-12(13)16(17)18/h4-5H,6-9H2,1-3H3. The Balaban J connectivity index is 2.28. The van der Waals surface area contributed by atoms with Crippen molar-refractivity contribution in [3.05, 3.63) is 32.3 Å². The zero-order valence-electron chi connectivity index (χ0n) is 13.2. The number of hydrogen-bond donors (Lipinski definition) is 0. The largest absolute Gasteiger partial charge is 0.360 e. The van der Waals surface area contributed by atoms with Crippen molar-refractivity contribution in [3.8, 4) is 0 Å². The Hall–Kier alpha value is -0.973. The van der Waals surface area contributed by atoms with E-state index in [4.69, 9.17) is 4.74 Å². The van der Waals surface area contributed by atoms with E-state index in [0.29, 0.717) is 16.6 Å². The highest BCUT2D eigenvalue weighted by molar-refractivity contribution is 9.10. The van der Waals surface area contributed by atoms with E-state index in [-0.39, 0.29) is 23.9 Å². The highest BCUT2D eigenvalue weighted by Gasteiger charge is 2.40. The van der Waals surface area contributed by atoms with E-state index in [1.807, 2.05) is 0 Å². The maximum Gasteiger partial charge on any atom is 0.294 e. The van der Waals surface area contributed by atoms with Crippen LogP contribution >= 0.6 is 15.9 Å². The fourth-order valence-corrected chi connectivity index (χ4v) is 5.16. The Labute approximate surface area is 145 Å². The van der Waals surface area contributed by atoms with Crippen molar-refractivity contribution >= 4 is 45.4 Å². The molecule has 10 heteroatoms. The van der Waals surface area contributed by atoms with E-state index in [1.54, 1.807) is 0 Å². The van der Waals surface area contributed by atoms with Gasteiger partial charge in [0.15, 0.2) is 0 Å². The van der Waals surface area contributed by atoms with Gasteiger partial charge >= 0.3 is 0 Å². The Morgan fingerprint density at radius 3 is 2.61 bits per heavy atom. The number of rotatable bonds is 6. The molecule has 0 saturated heterocycles. The van der Waals surface area contributed by atoms with Crippen molar-refractivity contribution in [3.63, 3.8) is 0 Å². The van der Waals surface area contributed by atoms with Crippen molar-refractivity contribution in [2.24, 2.45) is 0 Å². The summed E-state index contributed by atoms with van der Waals surface area (Å²) in [5, 5.41) is 11.2. The van der Waals surface area contributed by atoms with E-state index < -0.39 is 23.0 Å². The van der Waals surface area contributed by atoms with Crippen LogP contribution in [0.3, 0.4) is 0 Å². The minimum atomic E-state index is -3.66. The summed E-state index contributed by atoms with van der Waals surface area (Å²) >= 11 is 3.27. The molecule has 1 aromatic carbocycles. The number of nitro benzene ring substituents is 1. The summed E-state index contributed by atoms with van der Waals surface area (Å²) < 4.78 is 31.8. The second-order valence-corrected chi connectivity index (χ2v) is 15.0. The SMILES string of the molecule is C[Si](C)(C)CCOCN1c2c([N+](=O)[O-])ccc(Br)c2CS1(=O)=O. The van der Waals surface area contributed by atoms with Crippen molar-refractivity contribution in [1.29, 1.82) is 0 Å². The van der Waals surface area contributed by atoms with E-state index in [0.717, 1.165) is 10.3 Å². The quantitative estimate of drug-likeness (QED) is 0.303. The number of halogens is 1. The fourth-order valence-electron chi connectivity index (χ4n) is 2.23. The van der Waals surface area contributed by atoms with Gasteiger partial charge in [-0.25, -0.2) is 12.7 Å². The number of nitrogens with zero attached hydrogens (tertiary/aromatic N) is 2. The maximum absolute atomic E-state index is 12.3. The van der Waals surface area contributed by atoms with Crippen molar-refractivity contribution in [1.82, 2.24) is 0 Å². The lowest BCUT2D eigenvalue weighted by molar-refractivity contribution is -0.384. The van der Waals surface area contributed by atoms with Gasteiger partial charge in [-0.2, -0.15) is 0 Å². The minimum absolute atomic E-state index is 0.109. The summed E-state index contributed by atoms with van der Waals surface area (Å²) in [7, 11) is -4.94. The molecule has 0 amide bonds.